The fourth-order valence-corrected chi connectivity index (χ4v) is 1.38. The summed E-state index contributed by atoms with van der Waals surface area (Å²) in [6, 6.07) is 7.42. The molecular formula is C10H7BrI2O2. The first-order chi connectivity index (χ1) is 7.02. The van der Waals surface area contributed by atoms with Crippen molar-refractivity contribution in [2.45, 2.75) is 6.92 Å². The molecule has 0 saturated carbocycles. The minimum absolute atomic E-state index is 0.342. The lowest BCUT2D eigenvalue weighted by atomic mass is 10.2. The summed E-state index contributed by atoms with van der Waals surface area (Å²) < 4.78 is 6.52. The van der Waals surface area contributed by atoms with Crippen LogP contribution in [0, 0.1) is 6.92 Å². The maximum atomic E-state index is 11.6. The topological polar surface area (TPSA) is 26.3 Å². The van der Waals surface area contributed by atoms with Crippen molar-refractivity contribution in [3.05, 3.63) is 35.9 Å². The zero-order valence-electron chi connectivity index (χ0n) is 7.76. The van der Waals surface area contributed by atoms with E-state index in [0.29, 0.717) is 9.33 Å². The molecule has 0 heterocycles. The van der Waals surface area contributed by atoms with Crippen molar-refractivity contribution in [1.29, 1.82) is 0 Å². The van der Waals surface area contributed by atoms with Crippen molar-refractivity contribution < 1.29 is 9.53 Å². The Labute approximate surface area is 124 Å². The van der Waals surface area contributed by atoms with E-state index in [2.05, 4.69) is 15.9 Å². The highest BCUT2D eigenvalue weighted by atomic mass is 127. The number of halogens is 3. The Morgan fingerprint density at radius 1 is 1.33 bits per heavy atom. The van der Waals surface area contributed by atoms with Gasteiger partial charge in [-0.25, -0.2) is 4.79 Å². The Kier molecular flexibility index (Phi) is 5.54. The lowest BCUT2D eigenvalue weighted by Crippen LogP contribution is -2.08. The van der Waals surface area contributed by atoms with E-state index in [4.69, 9.17) is 4.74 Å². The third kappa shape index (κ3) is 4.03. The van der Waals surface area contributed by atoms with Gasteiger partial charge in [0.2, 0.25) is 0 Å². The van der Waals surface area contributed by atoms with Crippen LogP contribution in [0.1, 0.15) is 5.56 Å². The van der Waals surface area contributed by atoms with Crippen molar-refractivity contribution in [1.82, 2.24) is 0 Å². The molecular weight excluding hydrogens is 486 g/mol. The molecule has 0 bridgehead atoms. The van der Waals surface area contributed by atoms with Gasteiger partial charge >= 0.3 is 5.97 Å². The molecule has 0 spiro atoms. The van der Waals surface area contributed by atoms with Crippen molar-refractivity contribution in [3.8, 4) is 5.75 Å². The quantitative estimate of drug-likeness (QED) is 0.266. The smallest absolute Gasteiger partial charge is 0.351 e. The van der Waals surface area contributed by atoms with E-state index >= 15 is 0 Å². The zero-order chi connectivity index (χ0) is 11.4. The SMILES string of the molecule is Cc1ccccc1OC(=O)C(I)=C(Br)I. The third-order valence-electron chi connectivity index (χ3n) is 1.64. The number of benzene rings is 1. The van der Waals surface area contributed by atoms with Gasteiger partial charge in [0, 0.05) is 0 Å². The molecule has 1 aromatic carbocycles. The van der Waals surface area contributed by atoms with E-state index in [1.165, 1.54) is 0 Å². The zero-order valence-corrected chi connectivity index (χ0v) is 13.7. The summed E-state index contributed by atoms with van der Waals surface area (Å²) >= 11 is 7.20. The maximum absolute atomic E-state index is 11.6. The Morgan fingerprint density at radius 2 is 1.93 bits per heavy atom. The Bertz CT molecular complexity index is 412. The van der Waals surface area contributed by atoms with Gasteiger partial charge in [-0.1, -0.05) is 18.2 Å². The minimum Gasteiger partial charge on any atom is -0.422 e. The fraction of sp³-hybridized carbons (Fsp3) is 0.100. The van der Waals surface area contributed by atoms with Gasteiger partial charge in [-0.3, -0.25) is 0 Å². The molecule has 0 radical (unpaired) electrons. The molecule has 80 valence electrons. The summed E-state index contributed by atoms with van der Waals surface area (Å²) in [5.41, 5.74) is 0.944. The third-order valence-corrected chi connectivity index (χ3v) is 5.33. The van der Waals surface area contributed by atoms with Crippen molar-refractivity contribution >= 4 is 67.1 Å². The molecule has 2 nitrogen and oxygen atoms in total. The molecule has 1 aromatic rings. The van der Waals surface area contributed by atoms with Gasteiger partial charge in [0.05, 0.1) is 2.49 Å². The average molecular weight is 493 g/mol. The maximum Gasteiger partial charge on any atom is 0.351 e. The molecule has 0 N–H and O–H groups in total. The number of ether oxygens (including phenoxy) is 1. The van der Waals surface area contributed by atoms with Crippen LogP contribution in [0.2, 0.25) is 0 Å². The van der Waals surface area contributed by atoms with Crippen LogP contribution in [0.15, 0.2) is 30.3 Å². The molecule has 0 unspecified atom stereocenters. The number of para-hydroxylation sites is 1. The van der Waals surface area contributed by atoms with Crippen LogP contribution < -0.4 is 4.74 Å². The van der Waals surface area contributed by atoms with Gasteiger partial charge in [0.25, 0.3) is 0 Å². The van der Waals surface area contributed by atoms with E-state index in [1.807, 2.05) is 70.3 Å². The van der Waals surface area contributed by atoms with Gasteiger partial charge in [-0.15, -0.1) is 0 Å². The molecule has 5 heteroatoms. The summed E-state index contributed by atoms with van der Waals surface area (Å²) in [4.78, 5) is 11.6. The van der Waals surface area contributed by atoms with Gasteiger partial charge in [0.1, 0.15) is 9.33 Å². The summed E-state index contributed by atoms with van der Waals surface area (Å²) in [5.74, 6) is 0.257. The molecule has 0 aliphatic carbocycles. The van der Waals surface area contributed by atoms with Crippen molar-refractivity contribution in [2.75, 3.05) is 0 Å². The minimum atomic E-state index is -0.342. The molecule has 0 amide bonds. The number of carbonyl (C=O) groups is 1. The van der Waals surface area contributed by atoms with Crippen LogP contribution in [-0.4, -0.2) is 5.97 Å². The Balaban J connectivity index is 2.85. The largest absolute Gasteiger partial charge is 0.422 e. The number of rotatable bonds is 2. The molecule has 15 heavy (non-hydrogen) atoms. The van der Waals surface area contributed by atoms with Crippen LogP contribution in [0.3, 0.4) is 0 Å². The van der Waals surface area contributed by atoms with Crippen LogP contribution in [-0.2, 0) is 4.79 Å². The van der Waals surface area contributed by atoms with Crippen molar-refractivity contribution in [2.24, 2.45) is 0 Å². The molecule has 0 aliphatic rings. The van der Waals surface area contributed by atoms with Crippen molar-refractivity contribution in [3.63, 3.8) is 0 Å². The predicted octanol–water partition coefficient (Wildman–Crippen LogP) is 4.33. The van der Waals surface area contributed by atoms with E-state index < -0.39 is 0 Å². The van der Waals surface area contributed by atoms with Gasteiger partial charge < -0.3 is 4.74 Å². The van der Waals surface area contributed by atoms with Gasteiger partial charge in [-0.2, -0.15) is 0 Å². The fourth-order valence-electron chi connectivity index (χ4n) is 0.893. The lowest BCUT2D eigenvalue weighted by Gasteiger charge is -2.06. The van der Waals surface area contributed by atoms with E-state index in [1.54, 1.807) is 6.07 Å². The number of hydrogen-bond donors (Lipinski definition) is 0. The normalized spacial score (nSPS) is 12.0. The first kappa shape index (κ1) is 13.4. The second kappa shape index (κ2) is 6.19. The van der Waals surface area contributed by atoms with Crippen LogP contribution in [0.4, 0.5) is 0 Å². The molecule has 0 atom stereocenters. The summed E-state index contributed by atoms with van der Waals surface area (Å²) in [6.07, 6.45) is 0. The lowest BCUT2D eigenvalue weighted by molar-refractivity contribution is -0.129. The highest BCUT2D eigenvalue weighted by Gasteiger charge is 2.12. The average Bonchev–Trinajstić information content (AvgIpc) is 2.20. The highest BCUT2D eigenvalue weighted by Crippen LogP contribution is 2.27. The number of carbonyl (C=O) groups excluding carboxylic acids is 1. The van der Waals surface area contributed by atoms with Crippen LogP contribution in [0.25, 0.3) is 0 Å². The second-order valence-corrected chi connectivity index (χ2v) is 7.16. The van der Waals surface area contributed by atoms with Gasteiger partial charge in [0.15, 0.2) is 0 Å². The Morgan fingerprint density at radius 3 is 2.47 bits per heavy atom. The first-order valence-electron chi connectivity index (χ1n) is 4.01. The highest BCUT2D eigenvalue weighted by molar-refractivity contribution is 14.1. The Hall–Kier alpha value is 0.370. The predicted molar refractivity (Wildman–Crippen MR) is 80.8 cm³/mol. The standard InChI is InChI=1S/C10H7BrI2O2/c1-6-4-2-3-5-7(6)15-10(14)8(12)9(11)13/h2-5H,1H3. The monoisotopic (exact) mass is 492 g/mol. The summed E-state index contributed by atoms with van der Waals surface area (Å²) in [6.45, 7) is 1.90. The van der Waals surface area contributed by atoms with Gasteiger partial charge in [-0.05, 0) is 79.7 Å². The molecule has 0 aromatic heterocycles. The van der Waals surface area contributed by atoms with E-state index in [-0.39, 0.29) is 5.97 Å². The van der Waals surface area contributed by atoms with E-state index in [9.17, 15) is 4.79 Å². The number of esters is 1. The number of hydrogen-bond acceptors (Lipinski definition) is 2. The number of aryl methyl sites for hydroxylation is 1. The second-order valence-electron chi connectivity index (χ2n) is 2.73. The molecule has 0 aliphatic heterocycles. The van der Waals surface area contributed by atoms with Crippen LogP contribution >= 0.6 is 61.1 Å². The summed E-state index contributed by atoms with van der Waals surface area (Å²) in [5, 5.41) is 0. The molecule has 1 rings (SSSR count). The van der Waals surface area contributed by atoms with Crippen LogP contribution in [0.5, 0.6) is 5.75 Å². The van der Waals surface area contributed by atoms with E-state index in [0.717, 1.165) is 8.05 Å². The first-order valence-corrected chi connectivity index (χ1v) is 6.96. The molecule has 0 saturated heterocycles. The summed E-state index contributed by atoms with van der Waals surface area (Å²) in [7, 11) is 0. The molecule has 0 fully saturated rings.